The van der Waals surface area contributed by atoms with Gasteiger partial charge in [-0.2, -0.15) is 0 Å². The molecule has 0 aliphatic rings. The number of nitrogens with zero attached hydrogens (tertiary/aromatic N) is 1. The summed E-state index contributed by atoms with van der Waals surface area (Å²) in [7, 11) is 0. The highest BCUT2D eigenvalue weighted by Crippen LogP contribution is 2.28. The maximum absolute atomic E-state index is 12.5. The molecule has 0 aliphatic carbocycles. The molecule has 1 amide bonds. The van der Waals surface area contributed by atoms with Gasteiger partial charge in [-0.05, 0) is 79.8 Å². The molecule has 3 nitrogen and oxygen atoms in total. The maximum Gasteiger partial charge on any atom is 0.419 e. The predicted octanol–water partition coefficient (Wildman–Crippen LogP) is 5.36. The minimum absolute atomic E-state index is 0.380. The van der Waals surface area contributed by atoms with Crippen LogP contribution in [0, 0.1) is 3.57 Å². The van der Waals surface area contributed by atoms with Crippen molar-refractivity contribution in [3.05, 3.63) is 58.2 Å². The first-order valence-corrected chi connectivity index (χ1v) is 7.78. The van der Waals surface area contributed by atoms with E-state index in [9.17, 15) is 4.79 Å². The molecule has 0 fully saturated rings. The number of ether oxygens (including phenoxy) is 1. The van der Waals surface area contributed by atoms with Crippen LogP contribution in [0.3, 0.4) is 0 Å². The van der Waals surface area contributed by atoms with Crippen LogP contribution < -0.4 is 4.90 Å². The van der Waals surface area contributed by atoms with Crippen LogP contribution in [-0.4, -0.2) is 11.7 Å². The third-order valence-electron chi connectivity index (χ3n) is 2.68. The molecule has 0 aromatic heterocycles. The summed E-state index contributed by atoms with van der Waals surface area (Å²) in [5, 5.41) is 0. The van der Waals surface area contributed by atoms with Gasteiger partial charge in [0.05, 0.1) is 11.4 Å². The fourth-order valence-electron chi connectivity index (χ4n) is 1.83. The lowest BCUT2D eigenvalue weighted by atomic mass is 10.2. The lowest BCUT2D eigenvalue weighted by Crippen LogP contribution is -2.33. The molecular formula is C17H18INO2. The van der Waals surface area contributed by atoms with Crippen molar-refractivity contribution in [1.82, 2.24) is 0 Å². The molecule has 0 N–H and O–H groups in total. The minimum Gasteiger partial charge on any atom is -0.443 e. The lowest BCUT2D eigenvalue weighted by Gasteiger charge is -2.27. The minimum atomic E-state index is -0.534. The zero-order chi connectivity index (χ0) is 15.5. The molecule has 21 heavy (non-hydrogen) atoms. The van der Waals surface area contributed by atoms with Crippen LogP contribution in [-0.2, 0) is 4.74 Å². The second-order valence-electron chi connectivity index (χ2n) is 5.63. The molecule has 0 aliphatic heterocycles. The van der Waals surface area contributed by atoms with E-state index in [0.717, 1.165) is 14.9 Å². The van der Waals surface area contributed by atoms with Crippen LogP contribution in [0.1, 0.15) is 20.8 Å². The Morgan fingerprint density at radius 1 is 0.952 bits per heavy atom. The van der Waals surface area contributed by atoms with Crippen molar-refractivity contribution in [2.75, 3.05) is 4.90 Å². The zero-order valence-corrected chi connectivity index (χ0v) is 14.5. The van der Waals surface area contributed by atoms with Gasteiger partial charge in [-0.25, -0.2) is 9.69 Å². The number of hydrogen-bond donors (Lipinski definition) is 0. The predicted molar refractivity (Wildman–Crippen MR) is 94.0 cm³/mol. The molecule has 0 radical (unpaired) electrons. The summed E-state index contributed by atoms with van der Waals surface area (Å²) in [6.45, 7) is 5.59. The Hall–Kier alpha value is -1.56. The molecule has 0 atom stereocenters. The molecule has 0 saturated heterocycles. The third-order valence-corrected chi connectivity index (χ3v) is 3.39. The van der Waals surface area contributed by atoms with Crippen molar-refractivity contribution in [2.24, 2.45) is 0 Å². The van der Waals surface area contributed by atoms with Crippen molar-refractivity contribution >= 4 is 40.1 Å². The van der Waals surface area contributed by atoms with Gasteiger partial charge in [-0.1, -0.05) is 18.2 Å². The summed E-state index contributed by atoms with van der Waals surface area (Å²) < 4.78 is 6.64. The number of amides is 1. The number of benzene rings is 2. The molecule has 2 aromatic carbocycles. The van der Waals surface area contributed by atoms with Crippen LogP contribution in [0.25, 0.3) is 0 Å². The molecule has 0 unspecified atom stereocenters. The topological polar surface area (TPSA) is 29.5 Å². The smallest absolute Gasteiger partial charge is 0.419 e. The first-order chi connectivity index (χ1) is 9.87. The van der Waals surface area contributed by atoms with Crippen LogP contribution in [0.15, 0.2) is 54.6 Å². The monoisotopic (exact) mass is 395 g/mol. The van der Waals surface area contributed by atoms with E-state index in [0.29, 0.717) is 0 Å². The molecule has 0 spiro atoms. The van der Waals surface area contributed by atoms with E-state index in [1.807, 2.05) is 75.4 Å². The highest BCUT2D eigenvalue weighted by atomic mass is 127. The average molecular weight is 395 g/mol. The van der Waals surface area contributed by atoms with Crippen LogP contribution in [0.2, 0.25) is 0 Å². The number of carbonyl (C=O) groups is 1. The zero-order valence-electron chi connectivity index (χ0n) is 12.3. The summed E-state index contributed by atoms with van der Waals surface area (Å²) in [4.78, 5) is 14.1. The number of anilines is 2. The summed E-state index contributed by atoms with van der Waals surface area (Å²) >= 11 is 2.24. The van der Waals surface area contributed by atoms with E-state index >= 15 is 0 Å². The van der Waals surface area contributed by atoms with Gasteiger partial charge >= 0.3 is 6.09 Å². The highest BCUT2D eigenvalue weighted by molar-refractivity contribution is 14.1. The summed E-state index contributed by atoms with van der Waals surface area (Å²) in [5.74, 6) is 0. The first kappa shape index (κ1) is 15.8. The Labute approximate surface area is 139 Å². The molecule has 4 heteroatoms. The summed E-state index contributed by atoms with van der Waals surface area (Å²) in [6, 6.07) is 17.3. The standard InChI is InChI=1S/C17H18INO2/c1-17(2,3)21-16(20)19(14-7-5-4-6-8-14)15-11-9-13(18)10-12-15/h4-12H,1-3H3. The van der Waals surface area contributed by atoms with Crippen LogP contribution in [0.5, 0.6) is 0 Å². The van der Waals surface area contributed by atoms with E-state index in [1.54, 1.807) is 4.90 Å². The lowest BCUT2D eigenvalue weighted by molar-refractivity contribution is 0.0599. The van der Waals surface area contributed by atoms with Gasteiger partial charge in [0.2, 0.25) is 0 Å². The van der Waals surface area contributed by atoms with Gasteiger partial charge in [0, 0.05) is 3.57 Å². The average Bonchev–Trinajstić information content (AvgIpc) is 2.40. The third kappa shape index (κ3) is 4.46. The Morgan fingerprint density at radius 2 is 1.48 bits per heavy atom. The number of hydrogen-bond acceptors (Lipinski definition) is 2. The quantitative estimate of drug-likeness (QED) is 0.641. The fourth-order valence-corrected chi connectivity index (χ4v) is 2.19. The van der Waals surface area contributed by atoms with Crippen LogP contribution in [0.4, 0.5) is 16.2 Å². The normalized spacial score (nSPS) is 11.0. The Balaban J connectivity index is 2.40. The second kappa shape index (κ2) is 6.47. The van der Waals surface area contributed by atoms with E-state index in [4.69, 9.17) is 4.74 Å². The molecule has 2 rings (SSSR count). The summed E-state index contributed by atoms with van der Waals surface area (Å²) in [5.41, 5.74) is 1.04. The number of halogens is 1. The molecule has 2 aromatic rings. The molecule has 0 bridgehead atoms. The van der Waals surface area contributed by atoms with Gasteiger partial charge in [0.1, 0.15) is 5.60 Å². The molecule has 110 valence electrons. The largest absolute Gasteiger partial charge is 0.443 e. The fraction of sp³-hybridized carbons (Fsp3) is 0.235. The van der Waals surface area contributed by atoms with Gasteiger partial charge < -0.3 is 4.74 Å². The number of para-hydroxylation sites is 1. The van der Waals surface area contributed by atoms with Crippen molar-refractivity contribution in [2.45, 2.75) is 26.4 Å². The SMILES string of the molecule is CC(C)(C)OC(=O)N(c1ccccc1)c1ccc(I)cc1. The van der Waals surface area contributed by atoms with Crippen molar-refractivity contribution in [3.63, 3.8) is 0 Å². The van der Waals surface area contributed by atoms with Crippen LogP contribution >= 0.6 is 22.6 Å². The van der Waals surface area contributed by atoms with Crippen molar-refractivity contribution in [3.8, 4) is 0 Å². The molecular weight excluding hydrogens is 377 g/mol. The second-order valence-corrected chi connectivity index (χ2v) is 6.87. The van der Waals surface area contributed by atoms with E-state index in [2.05, 4.69) is 22.6 Å². The Kier molecular flexibility index (Phi) is 4.88. The van der Waals surface area contributed by atoms with Gasteiger partial charge in [0.25, 0.3) is 0 Å². The van der Waals surface area contributed by atoms with E-state index in [-0.39, 0.29) is 6.09 Å². The summed E-state index contributed by atoms with van der Waals surface area (Å²) in [6.07, 6.45) is -0.380. The molecule has 0 saturated carbocycles. The molecule has 0 heterocycles. The Morgan fingerprint density at radius 3 is 2.00 bits per heavy atom. The number of carbonyl (C=O) groups excluding carboxylic acids is 1. The van der Waals surface area contributed by atoms with E-state index in [1.165, 1.54) is 0 Å². The maximum atomic E-state index is 12.5. The van der Waals surface area contributed by atoms with Gasteiger partial charge in [0.15, 0.2) is 0 Å². The highest BCUT2D eigenvalue weighted by Gasteiger charge is 2.24. The van der Waals surface area contributed by atoms with Gasteiger partial charge in [-0.15, -0.1) is 0 Å². The van der Waals surface area contributed by atoms with Crippen molar-refractivity contribution in [1.29, 1.82) is 0 Å². The first-order valence-electron chi connectivity index (χ1n) is 6.70. The van der Waals surface area contributed by atoms with E-state index < -0.39 is 5.60 Å². The van der Waals surface area contributed by atoms with Crippen molar-refractivity contribution < 1.29 is 9.53 Å². The Bertz CT molecular complexity index is 603. The number of rotatable bonds is 2. The van der Waals surface area contributed by atoms with Gasteiger partial charge in [-0.3, -0.25) is 0 Å².